The molecule has 0 aliphatic carbocycles. The average molecular weight is 402 g/mol. The van der Waals surface area contributed by atoms with Gasteiger partial charge in [0.2, 0.25) is 0 Å². The third-order valence-corrected chi connectivity index (χ3v) is 3.51. The van der Waals surface area contributed by atoms with E-state index in [1.807, 2.05) is 6.92 Å². The molecule has 9 heteroatoms. The van der Waals surface area contributed by atoms with Crippen molar-refractivity contribution in [2.24, 2.45) is 0 Å². The van der Waals surface area contributed by atoms with Crippen molar-refractivity contribution in [3.63, 3.8) is 0 Å². The molecule has 0 radical (unpaired) electrons. The summed E-state index contributed by atoms with van der Waals surface area (Å²) in [7, 11) is 0. The fourth-order valence-electron chi connectivity index (χ4n) is 2.28. The average Bonchev–Trinajstić information content (AvgIpc) is 2.61. The molecule has 0 fully saturated rings. The first kappa shape index (κ1) is 25.6. The SMILES string of the molecule is C=CC(=O)OCCOC(=O)CCC(=O)OC(CC(C)O)CC(CC)OC(C)=O. The quantitative estimate of drug-likeness (QED) is 0.199. The van der Waals surface area contributed by atoms with E-state index in [1.165, 1.54) is 6.92 Å². The van der Waals surface area contributed by atoms with Crippen LogP contribution in [0.5, 0.6) is 0 Å². The Morgan fingerprint density at radius 2 is 1.57 bits per heavy atom. The van der Waals surface area contributed by atoms with E-state index in [-0.39, 0.29) is 38.9 Å². The van der Waals surface area contributed by atoms with E-state index in [0.717, 1.165) is 6.08 Å². The van der Waals surface area contributed by atoms with Gasteiger partial charge in [0.1, 0.15) is 25.4 Å². The second-order valence-corrected chi connectivity index (χ2v) is 6.16. The van der Waals surface area contributed by atoms with E-state index in [2.05, 4.69) is 11.3 Å². The van der Waals surface area contributed by atoms with Crippen molar-refractivity contribution < 1.29 is 43.2 Å². The molecular weight excluding hydrogens is 372 g/mol. The highest BCUT2D eigenvalue weighted by molar-refractivity contribution is 5.81. The lowest BCUT2D eigenvalue weighted by Crippen LogP contribution is -2.29. The number of ether oxygens (including phenoxy) is 4. The van der Waals surface area contributed by atoms with Gasteiger partial charge in [-0.25, -0.2) is 4.79 Å². The number of hydrogen-bond acceptors (Lipinski definition) is 9. The maximum Gasteiger partial charge on any atom is 0.330 e. The van der Waals surface area contributed by atoms with Crippen molar-refractivity contribution in [1.82, 2.24) is 0 Å². The molecule has 0 aliphatic rings. The Morgan fingerprint density at radius 3 is 2.11 bits per heavy atom. The van der Waals surface area contributed by atoms with E-state index in [4.69, 9.17) is 14.2 Å². The third kappa shape index (κ3) is 13.7. The fraction of sp³-hybridized carbons (Fsp3) is 0.684. The Labute approximate surface area is 165 Å². The van der Waals surface area contributed by atoms with Gasteiger partial charge in [-0.3, -0.25) is 14.4 Å². The maximum absolute atomic E-state index is 12.0. The Hall–Kier alpha value is -2.42. The van der Waals surface area contributed by atoms with Gasteiger partial charge in [-0.15, -0.1) is 0 Å². The molecule has 0 rings (SSSR count). The maximum atomic E-state index is 12.0. The molecule has 0 bridgehead atoms. The van der Waals surface area contributed by atoms with E-state index in [9.17, 15) is 24.3 Å². The molecule has 0 saturated heterocycles. The summed E-state index contributed by atoms with van der Waals surface area (Å²) in [4.78, 5) is 45.5. The van der Waals surface area contributed by atoms with E-state index < -0.39 is 42.2 Å². The van der Waals surface area contributed by atoms with Crippen LogP contribution < -0.4 is 0 Å². The van der Waals surface area contributed by atoms with Crippen LogP contribution in [0.15, 0.2) is 12.7 Å². The summed E-state index contributed by atoms with van der Waals surface area (Å²) in [6, 6.07) is 0. The van der Waals surface area contributed by atoms with Crippen molar-refractivity contribution in [3.8, 4) is 0 Å². The molecule has 0 saturated carbocycles. The predicted octanol–water partition coefficient (Wildman–Crippen LogP) is 1.45. The molecule has 0 aromatic heterocycles. The van der Waals surface area contributed by atoms with E-state index in [1.54, 1.807) is 6.92 Å². The van der Waals surface area contributed by atoms with Gasteiger partial charge in [-0.05, 0) is 13.3 Å². The standard InChI is InChI=1S/C19H30O9/c1-5-15(27-14(4)21)12-16(11-13(3)20)28-19(24)8-7-18(23)26-10-9-25-17(22)6-2/h6,13,15-16,20H,2,5,7-12H2,1,3-4H3. The molecule has 160 valence electrons. The van der Waals surface area contributed by atoms with E-state index >= 15 is 0 Å². The predicted molar refractivity (Wildman–Crippen MR) is 98.0 cm³/mol. The van der Waals surface area contributed by atoms with Gasteiger partial charge in [0, 0.05) is 25.8 Å². The summed E-state index contributed by atoms with van der Waals surface area (Å²) in [5.74, 6) is -2.32. The van der Waals surface area contributed by atoms with Crippen molar-refractivity contribution in [3.05, 3.63) is 12.7 Å². The molecule has 0 spiro atoms. The molecular formula is C19H30O9. The number of carbonyl (C=O) groups excluding carboxylic acids is 4. The summed E-state index contributed by atoms with van der Waals surface area (Å²) in [5, 5.41) is 9.58. The second-order valence-electron chi connectivity index (χ2n) is 6.16. The smallest absolute Gasteiger partial charge is 0.330 e. The van der Waals surface area contributed by atoms with Crippen LogP contribution in [0.25, 0.3) is 0 Å². The zero-order chi connectivity index (χ0) is 21.5. The van der Waals surface area contributed by atoms with Gasteiger partial charge in [-0.2, -0.15) is 0 Å². The first-order valence-electron chi connectivity index (χ1n) is 9.17. The van der Waals surface area contributed by atoms with Crippen LogP contribution in [0.3, 0.4) is 0 Å². The van der Waals surface area contributed by atoms with Crippen molar-refractivity contribution >= 4 is 23.9 Å². The summed E-state index contributed by atoms with van der Waals surface area (Å²) in [6.45, 7) is 7.68. The largest absolute Gasteiger partial charge is 0.462 e. The minimum Gasteiger partial charge on any atom is -0.462 e. The number of aliphatic hydroxyl groups excluding tert-OH is 1. The molecule has 9 nitrogen and oxygen atoms in total. The molecule has 3 atom stereocenters. The molecule has 0 aromatic rings. The van der Waals surface area contributed by atoms with Crippen LogP contribution in [0.2, 0.25) is 0 Å². The van der Waals surface area contributed by atoms with Crippen LogP contribution in [-0.2, 0) is 38.1 Å². The molecule has 0 aliphatic heterocycles. The summed E-state index contributed by atoms with van der Waals surface area (Å²) < 4.78 is 19.9. The van der Waals surface area contributed by atoms with Gasteiger partial charge in [0.25, 0.3) is 0 Å². The van der Waals surface area contributed by atoms with E-state index in [0.29, 0.717) is 6.42 Å². The first-order valence-corrected chi connectivity index (χ1v) is 9.17. The van der Waals surface area contributed by atoms with Crippen LogP contribution >= 0.6 is 0 Å². The van der Waals surface area contributed by atoms with Crippen LogP contribution in [0, 0.1) is 0 Å². The highest BCUT2D eigenvalue weighted by Crippen LogP contribution is 2.16. The summed E-state index contributed by atoms with van der Waals surface area (Å²) in [6.07, 6.45) is -0.223. The highest BCUT2D eigenvalue weighted by atomic mass is 16.6. The zero-order valence-corrected chi connectivity index (χ0v) is 16.7. The van der Waals surface area contributed by atoms with Gasteiger partial charge in [-0.1, -0.05) is 13.5 Å². The third-order valence-electron chi connectivity index (χ3n) is 3.51. The number of hydrogen-bond donors (Lipinski definition) is 1. The molecule has 1 N–H and O–H groups in total. The normalized spacial score (nSPS) is 13.6. The number of carbonyl (C=O) groups is 4. The number of esters is 4. The summed E-state index contributed by atoms with van der Waals surface area (Å²) in [5.41, 5.74) is 0. The van der Waals surface area contributed by atoms with Gasteiger partial charge in [0.15, 0.2) is 0 Å². The minimum absolute atomic E-state index is 0.105. The first-order chi connectivity index (χ1) is 13.2. The minimum atomic E-state index is -0.712. The Bertz CT molecular complexity index is 527. The lowest BCUT2D eigenvalue weighted by Gasteiger charge is -2.24. The van der Waals surface area contributed by atoms with Crippen molar-refractivity contribution in [2.45, 2.75) is 71.2 Å². The molecule has 0 heterocycles. The fourth-order valence-corrected chi connectivity index (χ4v) is 2.28. The zero-order valence-electron chi connectivity index (χ0n) is 16.7. The molecule has 0 aromatic carbocycles. The van der Waals surface area contributed by atoms with Crippen molar-refractivity contribution in [2.75, 3.05) is 13.2 Å². The molecule has 28 heavy (non-hydrogen) atoms. The lowest BCUT2D eigenvalue weighted by atomic mass is 10.0. The number of rotatable bonds is 14. The highest BCUT2D eigenvalue weighted by Gasteiger charge is 2.23. The monoisotopic (exact) mass is 402 g/mol. The van der Waals surface area contributed by atoms with Crippen LogP contribution in [0.4, 0.5) is 0 Å². The number of aliphatic hydroxyl groups is 1. The summed E-state index contributed by atoms with van der Waals surface area (Å²) >= 11 is 0. The Balaban J connectivity index is 4.35. The van der Waals surface area contributed by atoms with Crippen molar-refractivity contribution in [1.29, 1.82) is 0 Å². The second kappa shape index (κ2) is 14.6. The Morgan fingerprint density at radius 1 is 0.964 bits per heavy atom. The lowest BCUT2D eigenvalue weighted by molar-refractivity contribution is -0.158. The van der Waals surface area contributed by atoms with Gasteiger partial charge in [0.05, 0.1) is 18.9 Å². The van der Waals surface area contributed by atoms with Crippen LogP contribution in [-0.4, -0.2) is 60.5 Å². The molecule has 3 unspecified atom stereocenters. The van der Waals surface area contributed by atoms with Crippen LogP contribution in [0.1, 0.15) is 52.9 Å². The Kier molecular flexibility index (Phi) is 13.4. The van der Waals surface area contributed by atoms with Gasteiger partial charge < -0.3 is 24.1 Å². The molecule has 0 amide bonds. The topological polar surface area (TPSA) is 125 Å². The van der Waals surface area contributed by atoms with Gasteiger partial charge >= 0.3 is 23.9 Å².